The smallest absolute Gasteiger partial charge is 0.332 e. The number of hydrogen-bond donors (Lipinski definition) is 2. The van der Waals surface area contributed by atoms with Crippen molar-refractivity contribution in [3.8, 4) is 28.6 Å². The van der Waals surface area contributed by atoms with Gasteiger partial charge in [0.2, 0.25) is 0 Å². The number of methoxy groups -OCH3 is 2. The van der Waals surface area contributed by atoms with Crippen molar-refractivity contribution in [1.29, 1.82) is 0 Å². The lowest BCUT2D eigenvalue weighted by molar-refractivity contribution is -0.123. The minimum absolute atomic E-state index is 0.131. The van der Waals surface area contributed by atoms with Gasteiger partial charge in [0, 0.05) is 26.2 Å². The molecule has 0 bridgehead atoms. The van der Waals surface area contributed by atoms with Crippen LogP contribution in [0.25, 0.3) is 22.6 Å². The number of aromatic nitrogens is 4. The number of carbonyl (C=O) groups is 1. The van der Waals surface area contributed by atoms with Crippen LogP contribution >= 0.6 is 0 Å². The van der Waals surface area contributed by atoms with Crippen LogP contribution in [0.2, 0.25) is 0 Å². The number of aryl methyl sites for hydroxylation is 1. The zero-order valence-corrected chi connectivity index (χ0v) is 20.5. The molecule has 11 heteroatoms. The van der Waals surface area contributed by atoms with E-state index in [4.69, 9.17) is 14.2 Å². The standard InChI is InChI=1S/C25H27N5O6/c1-29-23-21(24(32)30(2)25(29)33)27-22(28-23)16-6-8-17(9-7-16)36-14-20(31)26-12-11-15-5-10-18(34-3)19(13-15)35-4/h5-10,13H,11-12,14H2,1-4H3,(H,26,31)(H,27,28). The summed E-state index contributed by atoms with van der Waals surface area (Å²) < 4.78 is 18.5. The molecular weight excluding hydrogens is 466 g/mol. The van der Waals surface area contributed by atoms with Gasteiger partial charge in [0.1, 0.15) is 17.1 Å². The first kappa shape index (κ1) is 24.6. The van der Waals surface area contributed by atoms with Crippen LogP contribution in [0.5, 0.6) is 17.2 Å². The Morgan fingerprint density at radius 3 is 2.42 bits per heavy atom. The molecule has 0 spiro atoms. The van der Waals surface area contributed by atoms with Crippen molar-refractivity contribution in [1.82, 2.24) is 24.4 Å². The summed E-state index contributed by atoms with van der Waals surface area (Å²) in [6, 6.07) is 12.5. The molecule has 1 amide bonds. The second-order valence-electron chi connectivity index (χ2n) is 8.09. The maximum absolute atomic E-state index is 12.4. The van der Waals surface area contributed by atoms with Gasteiger partial charge in [-0.2, -0.15) is 0 Å². The first-order chi connectivity index (χ1) is 17.3. The summed E-state index contributed by atoms with van der Waals surface area (Å²) in [5.74, 6) is 2.01. The minimum atomic E-state index is -0.448. The van der Waals surface area contributed by atoms with Gasteiger partial charge in [0.25, 0.3) is 11.5 Å². The van der Waals surface area contributed by atoms with E-state index in [-0.39, 0.29) is 23.7 Å². The van der Waals surface area contributed by atoms with E-state index in [1.807, 2.05) is 18.2 Å². The van der Waals surface area contributed by atoms with Crippen LogP contribution in [0, 0.1) is 0 Å². The summed E-state index contributed by atoms with van der Waals surface area (Å²) in [6.07, 6.45) is 0.632. The Morgan fingerprint density at radius 1 is 1.00 bits per heavy atom. The fourth-order valence-corrected chi connectivity index (χ4v) is 3.75. The number of imidazole rings is 1. The molecule has 0 unspecified atom stereocenters. The van der Waals surface area contributed by atoms with Crippen LogP contribution in [0.15, 0.2) is 52.1 Å². The third kappa shape index (κ3) is 4.95. The molecule has 0 saturated heterocycles. The number of benzene rings is 2. The van der Waals surface area contributed by atoms with E-state index >= 15 is 0 Å². The van der Waals surface area contributed by atoms with E-state index in [2.05, 4.69) is 15.3 Å². The monoisotopic (exact) mass is 493 g/mol. The van der Waals surface area contributed by atoms with E-state index in [9.17, 15) is 14.4 Å². The predicted molar refractivity (Wildman–Crippen MR) is 134 cm³/mol. The number of nitrogens with zero attached hydrogens (tertiary/aromatic N) is 3. The summed E-state index contributed by atoms with van der Waals surface area (Å²) in [5, 5.41) is 2.83. The zero-order valence-electron chi connectivity index (χ0n) is 20.5. The fraction of sp³-hybridized carbons (Fsp3) is 0.280. The van der Waals surface area contributed by atoms with Gasteiger partial charge in [-0.15, -0.1) is 0 Å². The van der Waals surface area contributed by atoms with Crippen molar-refractivity contribution < 1.29 is 19.0 Å². The molecule has 2 heterocycles. The summed E-state index contributed by atoms with van der Waals surface area (Å²) >= 11 is 0. The maximum Gasteiger partial charge on any atom is 0.332 e. The van der Waals surface area contributed by atoms with Gasteiger partial charge in [-0.05, 0) is 48.4 Å². The number of amides is 1. The van der Waals surface area contributed by atoms with Crippen molar-refractivity contribution in [3.05, 3.63) is 68.9 Å². The Morgan fingerprint density at radius 2 is 1.72 bits per heavy atom. The lowest BCUT2D eigenvalue weighted by Crippen LogP contribution is -2.36. The number of aromatic amines is 1. The molecule has 0 atom stereocenters. The highest BCUT2D eigenvalue weighted by Crippen LogP contribution is 2.27. The molecule has 2 aromatic heterocycles. The highest BCUT2D eigenvalue weighted by atomic mass is 16.5. The average Bonchev–Trinajstić information content (AvgIpc) is 3.35. The molecule has 0 fully saturated rings. The predicted octanol–water partition coefficient (Wildman–Crippen LogP) is 1.38. The average molecular weight is 494 g/mol. The molecule has 0 aliphatic heterocycles. The number of hydrogen-bond acceptors (Lipinski definition) is 7. The Balaban J connectivity index is 1.33. The van der Waals surface area contributed by atoms with Gasteiger partial charge in [0.05, 0.1) is 14.2 Å². The highest BCUT2D eigenvalue weighted by Gasteiger charge is 2.14. The van der Waals surface area contributed by atoms with Crippen molar-refractivity contribution in [2.45, 2.75) is 6.42 Å². The van der Waals surface area contributed by atoms with E-state index in [1.165, 1.54) is 11.6 Å². The first-order valence-electron chi connectivity index (χ1n) is 11.2. The SMILES string of the molecule is COc1ccc(CCNC(=O)COc2ccc(-c3nc4c([nH]3)c(=O)n(C)c(=O)n4C)cc2)cc1OC. The fourth-order valence-electron chi connectivity index (χ4n) is 3.75. The number of rotatable bonds is 9. The van der Waals surface area contributed by atoms with Crippen molar-refractivity contribution in [2.75, 3.05) is 27.4 Å². The lowest BCUT2D eigenvalue weighted by atomic mass is 10.1. The molecule has 0 saturated carbocycles. The van der Waals surface area contributed by atoms with Gasteiger partial charge >= 0.3 is 5.69 Å². The van der Waals surface area contributed by atoms with Crippen LogP contribution < -0.4 is 30.8 Å². The Bertz CT molecular complexity index is 1520. The van der Waals surface area contributed by atoms with Crippen LogP contribution in [0.1, 0.15) is 5.56 Å². The maximum atomic E-state index is 12.4. The number of ether oxygens (including phenoxy) is 3. The highest BCUT2D eigenvalue weighted by molar-refractivity contribution is 5.77. The lowest BCUT2D eigenvalue weighted by Gasteiger charge is -2.10. The largest absolute Gasteiger partial charge is 0.493 e. The molecule has 2 aromatic carbocycles. The summed E-state index contributed by atoms with van der Waals surface area (Å²) in [5.41, 5.74) is 1.35. The Kier molecular flexibility index (Phi) is 7.09. The van der Waals surface area contributed by atoms with Crippen LogP contribution in [-0.2, 0) is 25.3 Å². The van der Waals surface area contributed by atoms with Gasteiger partial charge in [-0.1, -0.05) is 6.07 Å². The van der Waals surface area contributed by atoms with Crippen molar-refractivity contribution in [3.63, 3.8) is 0 Å². The molecule has 4 rings (SSSR count). The second kappa shape index (κ2) is 10.4. The molecule has 36 heavy (non-hydrogen) atoms. The molecule has 0 aliphatic rings. The Hall–Kier alpha value is -4.54. The Labute approximate surface area is 206 Å². The molecule has 0 radical (unpaired) electrons. The van der Waals surface area contributed by atoms with Gasteiger partial charge < -0.3 is 24.5 Å². The summed E-state index contributed by atoms with van der Waals surface area (Å²) in [6.45, 7) is 0.318. The normalized spacial score (nSPS) is 10.9. The zero-order chi connectivity index (χ0) is 25.8. The van der Waals surface area contributed by atoms with Gasteiger partial charge in [-0.3, -0.25) is 18.7 Å². The third-order valence-corrected chi connectivity index (χ3v) is 5.78. The van der Waals surface area contributed by atoms with Crippen LogP contribution in [0.4, 0.5) is 0 Å². The molecule has 0 aliphatic carbocycles. The number of H-pyrrole nitrogens is 1. The van der Waals surface area contributed by atoms with Gasteiger partial charge in [-0.25, -0.2) is 9.78 Å². The van der Waals surface area contributed by atoms with E-state index < -0.39 is 11.2 Å². The topological polar surface area (TPSA) is 129 Å². The molecular formula is C25H27N5O6. The van der Waals surface area contributed by atoms with E-state index in [1.54, 1.807) is 45.5 Å². The first-order valence-corrected chi connectivity index (χ1v) is 11.2. The number of nitrogens with one attached hydrogen (secondary N) is 2. The van der Waals surface area contributed by atoms with Crippen molar-refractivity contribution in [2.24, 2.45) is 14.1 Å². The second-order valence-corrected chi connectivity index (χ2v) is 8.09. The molecule has 4 aromatic rings. The third-order valence-electron chi connectivity index (χ3n) is 5.78. The number of carbonyl (C=O) groups excluding carboxylic acids is 1. The minimum Gasteiger partial charge on any atom is -0.493 e. The molecule has 2 N–H and O–H groups in total. The van der Waals surface area contributed by atoms with Crippen molar-refractivity contribution >= 4 is 17.1 Å². The van der Waals surface area contributed by atoms with E-state index in [0.717, 1.165) is 10.1 Å². The molecule has 188 valence electrons. The number of fused-ring (bicyclic) bond motifs is 1. The van der Waals surface area contributed by atoms with Crippen LogP contribution in [0.3, 0.4) is 0 Å². The molecule has 11 nitrogen and oxygen atoms in total. The quantitative estimate of drug-likeness (QED) is 0.360. The summed E-state index contributed by atoms with van der Waals surface area (Å²) in [7, 11) is 6.14. The van der Waals surface area contributed by atoms with Gasteiger partial charge in [0.15, 0.2) is 23.8 Å². The van der Waals surface area contributed by atoms with Crippen LogP contribution in [-0.4, -0.2) is 52.4 Å². The summed E-state index contributed by atoms with van der Waals surface area (Å²) in [4.78, 5) is 44.1. The van der Waals surface area contributed by atoms with E-state index in [0.29, 0.717) is 41.6 Å².